The van der Waals surface area contributed by atoms with Crippen LogP contribution in [0.3, 0.4) is 0 Å². The number of pyridine rings is 1. The number of hydrogen-bond acceptors (Lipinski definition) is 3. The van der Waals surface area contributed by atoms with Crippen molar-refractivity contribution in [2.75, 3.05) is 23.3 Å². The molecule has 3 rings (SSSR count). The van der Waals surface area contributed by atoms with Gasteiger partial charge in [0.2, 0.25) is 0 Å². The highest BCUT2D eigenvalue weighted by molar-refractivity contribution is 9.10. The van der Waals surface area contributed by atoms with Gasteiger partial charge in [-0.05, 0) is 78.0 Å². The minimum atomic E-state index is 0.853. The number of rotatable bonds is 3. The molecule has 0 aliphatic carbocycles. The topological polar surface area (TPSA) is 28.2 Å². The molecule has 0 amide bonds. The van der Waals surface area contributed by atoms with Gasteiger partial charge in [-0.15, -0.1) is 0 Å². The van der Waals surface area contributed by atoms with Gasteiger partial charge in [0.15, 0.2) is 0 Å². The van der Waals surface area contributed by atoms with E-state index >= 15 is 0 Å². The zero-order valence-corrected chi connectivity index (χ0v) is 13.9. The smallest absolute Gasteiger partial charge is 0.144 e. The Morgan fingerprint density at radius 3 is 2.48 bits per heavy atom. The lowest BCUT2D eigenvalue weighted by atomic mass is 10.1. The van der Waals surface area contributed by atoms with E-state index in [0.29, 0.717) is 0 Å². The number of aryl methyl sites for hydroxylation is 1. The molecule has 2 heterocycles. The fourth-order valence-corrected chi connectivity index (χ4v) is 3.23. The van der Waals surface area contributed by atoms with E-state index in [1.807, 2.05) is 13.1 Å². The number of nitrogens with zero attached hydrogens (tertiary/aromatic N) is 2. The van der Waals surface area contributed by atoms with Crippen molar-refractivity contribution in [3.63, 3.8) is 0 Å². The van der Waals surface area contributed by atoms with Gasteiger partial charge in [0.05, 0.1) is 4.47 Å². The third-order valence-electron chi connectivity index (χ3n) is 3.83. The summed E-state index contributed by atoms with van der Waals surface area (Å²) in [6.45, 7) is 4.39. The second-order valence-electron chi connectivity index (χ2n) is 5.56. The Balaban J connectivity index is 1.71. The van der Waals surface area contributed by atoms with Crippen molar-refractivity contribution in [1.82, 2.24) is 4.98 Å². The highest BCUT2D eigenvalue weighted by atomic mass is 79.9. The van der Waals surface area contributed by atoms with Crippen molar-refractivity contribution in [3.8, 4) is 0 Å². The van der Waals surface area contributed by atoms with Crippen molar-refractivity contribution in [1.29, 1.82) is 0 Å². The first kappa shape index (κ1) is 14.4. The summed E-state index contributed by atoms with van der Waals surface area (Å²) in [5, 5.41) is 3.35. The van der Waals surface area contributed by atoms with Crippen LogP contribution in [0.25, 0.3) is 0 Å². The fourth-order valence-electron chi connectivity index (χ4n) is 2.67. The Morgan fingerprint density at radius 1 is 1.10 bits per heavy atom. The quantitative estimate of drug-likeness (QED) is 0.858. The first-order valence-corrected chi connectivity index (χ1v) is 8.26. The maximum Gasteiger partial charge on any atom is 0.144 e. The van der Waals surface area contributed by atoms with Crippen LogP contribution in [-0.4, -0.2) is 18.1 Å². The highest BCUT2D eigenvalue weighted by Gasteiger charge is 2.10. The van der Waals surface area contributed by atoms with Gasteiger partial charge in [-0.2, -0.15) is 0 Å². The molecule has 21 heavy (non-hydrogen) atoms. The second-order valence-corrected chi connectivity index (χ2v) is 6.42. The summed E-state index contributed by atoms with van der Waals surface area (Å²) in [6, 6.07) is 10.7. The Hall–Kier alpha value is -1.55. The molecule has 4 heteroatoms. The Morgan fingerprint density at radius 2 is 1.81 bits per heavy atom. The van der Waals surface area contributed by atoms with Gasteiger partial charge >= 0.3 is 0 Å². The number of aromatic nitrogens is 1. The van der Waals surface area contributed by atoms with E-state index in [2.05, 4.69) is 61.5 Å². The zero-order chi connectivity index (χ0) is 14.7. The molecule has 1 fully saturated rings. The molecule has 0 saturated carbocycles. The first-order chi connectivity index (χ1) is 10.2. The summed E-state index contributed by atoms with van der Waals surface area (Å²) < 4.78 is 0.989. The van der Waals surface area contributed by atoms with Crippen LogP contribution in [0.15, 0.2) is 41.0 Å². The lowest BCUT2D eigenvalue weighted by Crippen LogP contribution is -2.29. The summed E-state index contributed by atoms with van der Waals surface area (Å²) >= 11 is 3.55. The van der Waals surface area contributed by atoms with Gasteiger partial charge in [0.25, 0.3) is 0 Å². The largest absolute Gasteiger partial charge is 0.372 e. The van der Waals surface area contributed by atoms with Crippen LogP contribution in [0.5, 0.6) is 0 Å². The number of piperidine rings is 1. The molecule has 1 N–H and O–H groups in total. The van der Waals surface area contributed by atoms with E-state index in [1.165, 1.54) is 38.0 Å². The predicted octanol–water partition coefficient (Wildman–Crippen LogP) is 4.89. The van der Waals surface area contributed by atoms with Crippen molar-refractivity contribution in [2.24, 2.45) is 0 Å². The number of hydrogen-bond donors (Lipinski definition) is 1. The molecule has 1 aliphatic rings. The lowest BCUT2D eigenvalue weighted by molar-refractivity contribution is 0.578. The van der Waals surface area contributed by atoms with E-state index in [1.54, 1.807) is 0 Å². The molecular formula is C17H20BrN3. The van der Waals surface area contributed by atoms with Crippen LogP contribution >= 0.6 is 15.9 Å². The SMILES string of the molecule is Cc1cnc(Nc2ccc(N3CCCCC3)cc2)c(Br)c1. The third kappa shape index (κ3) is 3.56. The number of benzene rings is 1. The third-order valence-corrected chi connectivity index (χ3v) is 4.43. The van der Waals surface area contributed by atoms with Crippen molar-refractivity contribution < 1.29 is 0 Å². The molecular weight excluding hydrogens is 326 g/mol. The minimum absolute atomic E-state index is 0.853. The zero-order valence-electron chi connectivity index (χ0n) is 12.3. The number of halogens is 1. The molecule has 1 aromatic heterocycles. The molecule has 0 spiro atoms. The van der Waals surface area contributed by atoms with E-state index in [0.717, 1.165) is 21.5 Å². The van der Waals surface area contributed by atoms with Gasteiger partial charge in [-0.25, -0.2) is 4.98 Å². The van der Waals surface area contributed by atoms with Crippen LogP contribution < -0.4 is 10.2 Å². The van der Waals surface area contributed by atoms with E-state index in [4.69, 9.17) is 0 Å². The lowest BCUT2D eigenvalue weighted by Gasteiger charge is -2.28. The summed E-state index contributed by atoms with van der Waals surface area (Å²) in [6.07, 6.45) is 5.85. The molecule has 0 radical (unpaired) electrons. The van der Waals surface area contributed by atoms with Crippen molar-refractivity contribution >= 4 is 33.1 Å². The van der Waals surface area contributed by atoms with Crippen LogP contribution in [-0.2, 0) is 0 Å². The Labute approximate surface area is 134 Å². The molecule has 0 atom stereocenters. The average Bonchev–Trinajstić information content (AvgIpc) is 2.52. The molecule has 2 aromatic rings. The first-order valence-electron chi connectivity index (χ1n) is 7.46. The summed E-state index contributed by atoms with van der Waals surface area (Å²) in [5.41, 5.74) is 3.52. The molecule has 1 aliphatic heterocycles. The molecule has 0 bridgehead atoms. The normalized spacial score (nSPS) is 15.0. The van der Waals surface area contributed by atoms with Crippen molar-refractivity contribution in [2.45, 2.75) is 26.2 Å². The maximum absolute atomic E-state index is 4.42. The predicted molar refractivity (Wildman–Crippen MR) is 92.5 cm³/mol. The summed E-state index contributed by atoms with van der Waals surface area (Å²) in [5.74, 6) is 0.853. The second kappa shape index (κ2) is 6.48. The van der Waals surface area contributed by atoms with Gasteiger partial charge in [0, 0.05) is 30.7 Å². The van der Waals surface area contributed by atoms with Gasteiger partial charge in [-0.1, -0.05) is 0 Å². The summed E-state index contributed by atoms with van der Waals surface area (Å²) in [7, 11) is 0. The van der Waals surface area contributed by atoms with Crippen LogP contribution in [0.1, 0.15) is 24.8 Å². The molecule has 110 valence electrons. The van der Waals surface area contributed by atoms with Crippen LogP contribution in [0.4, 0.5) is 17.2 Å². The number of anilines is 3. The Kier molecular flexibility index (Phi) is 4.44. The molecule has 0 unspecified atom stereocenters. The van der Waals surface area contributed by atoms with E-state index in [9.17, 15) is 0 Å². The monoisotopic (exact) mass is 345 g/mol. The van der Waals surface area contributed by atoms with Crippen LogP contribution in [0.2, 0.25) is 0 Å². The molecule has 3 nitrogen and oxygen atoms in total. The highest BCUT2D eigenvalue weighted by Crippen LogP contribution is 2.26. The molecule has 1 saturated heterocycles. The fraction of sp³-hybridized carbons (Fsp3) is 0.353. The average molecular weight is 346 g/mol. The standard InChI is InChI=1S/C17H20BrN3/c1-13-11-16(18)17(19-12-13)20-14-5-7-15(8-6-14)21-9-3-2-4-10-21/h5-8,11-12H,2-4,9-10H2,1H3,(H,19,20). The maximum atomic E-state index is 4.42. The van der Waals surface area contributed by atoms with Crippen LogP contribution in [0, 0.1) is 6.92 Å². The van der Waals surface area contributed by atoms with Crippen molar-refractivity contribution in [3.05, 3.63) is 46.6 Å². The van der Waals surface area contributed by atoms with Gasteiger partial charge < -0.3 is 10.2 Å². The van der Waals surface area contributed by atoms with E-state index in [-0.39, 0.29) is 0 Å². The molecule has 1 aromatic carbocycles. The number of nitrogens with one attached hydrogen (secondary N) is 1. The van der Waals surface area contributed by atoms with E-state index < -0.39 is 0 Å². The van der Waals surface area contributed by atoms with Gasteiger partial charge in [-0.3, -0.25) is 0 Å². The van der Waals surface area contributed by atoms with Gasteiger partial charge in [0.1, 0.15) is 5.82 Å². The Bertz CT molecular complexity index is 604. The minimum Gasteiger partial charge on any atom is -0.372 e. The summed E-state index contributed by atoms with van der Waals surface area (Å²) in [4.78, 5) is 6.88.